The zero-order valence-electron chi connectivity index (χ0n) is 5.98. The minimum Gasteiger partial charge on any atom is -0.336 e. The molecule has 1 nitrogen and oxygen atoms in total. The van der Waals surface area contributed by atoms with Gasteiger partial charge in [0.1, 0.15) is 0 Å². The van der Waals surface area contributed by atoms with E-state index in [1.54, 1.807) is 0 Å². The zero-order valence-corrected chi connectivity index (χ0v) is 5.98. The van der Waals surface area contributed by atoms with Crippen molar-refractivity contribution in [3.8, 4) is 0 Å². The van der Waals surface area contributed by atoms with Crippen molar-refractivity contribution in [3.05, 3.63) is 36.5 Å². The molecule has 2 aliphatic rings. The molecule has 1 aliphatic carbocycles. The van der Waals surface area contributed by atoms with Crippen LogP contribution in [0, 0.1) is 5.92 Å². The molecule has 11 heavy (non-hydrogen) atoms. The van der Waals surface area contributed by atoms with Crippen molar-refractivity contribution in [2.24, 2.45) is 5.92 Å². The Hall–Kier alpha value is -0.890. The second kappa shape index (κ2) is 2.62. The molecule has 58 valence electrons. The fourth-order valence-electron chi connectivity index (χ4n) is 1.32. The normalized spacial score (nSPS) is 40.6. The van der Waals surface area contributed by atoms with Gasteiger partial charge in [-0.05, 0) is 6.08 Å². The van der Waals surface area contributed by atoms with E-state index in [1.165, 1.54) is 6.08 Å². The molecule has 0 amide bonds. The minimum absolute atomic E-state index is 0.0972. The predicted octanol–water partition coefficient (Wildman–Crippen LogP) is 1.98. The SMILES string of the molecule is FC1C=CC2C=CC=CC2O1. The van der Waals surface area contributed by atoms with Gasteiger partial charge in [-0.3, -0.25) is 0 Å². The monoisotopic (exact) mass is 152 g/mol. The topological polar surface area (TPSA) is 9.23 Å². The van der Waals surface area contributed by atoms with Crippen LogP contribution >= 0.6 is 0 Å². The van der Waals surface area contributed by atoms with Crippen molar-refractivity contribution in [3.63, 3.8) is 0 Å². The maximum absolute atomic E-state index is 12.6. The summed E-state index contributed by atoms with van der Waals surface area (Å²) in [6, 6.07) is 0. The van der Waals surface area contributed by atoms with Gasteiger partial charge in [0.2, 0.25) is 6.36 Å². The average molecular weight is 152 g/mol. The minimum atomic E-state index is -1.23. The van der Waals surface area contributed by atoms with Gasteiger partial charge in [0.15, 0.2) is 0 Å². The highest BCUT2D eigenvalue weighted by molar-refractivity contribution is 5.21. The molecule has 0 N–H and O–H groups in total. The summed E-state index contributed by atoms with van der Waals surface area (Å²) < 4.78 is 17.6. The van der Waals surface area contributed by atoms with Gasteiger partial charge in [-0.2, -0.15) is 0 Å². The van der Waals surface area contributed by atoms with Crippen LogP contribution in [0.25, 0.3) is 0 Å². The number of ether oxygens (including phenoxy) is 1. The number of hydrogen-bond acceptors (Lipinski definition) is 1. The molecule has 0 bridgehead atoms. The Kier molecular flexibility index (Phi) is 1.62. The van der Waals surface area contributed by atoms with Crippen molar-refractivity contribution < 1.29 is 9.13 Å². The van der Waals surface area contributed by atoms with E-state index in [9.17, 15) is 4.39 Å². The predicted molar refractivity (Wildman–Crippen MR) is 40.7 cm³/mol. The molecular weight excluding hydrogens is 143 g/mol. The number of halogens is 1. The molecule has 0 saturated heterocycles. The number of allylic oxidation sites excluding steroid dienone is 2. The van der Waals surface area contributed by atoms with Crippen LogP contribution in [0.2, 0.25) is 0 Å². The van der Waals surface area contributed by atoms with E-state index >= 15 is 0 Å². The quantitative estimate of drug-likeness (QED) is 0.482. The molecule has 0 aromatic heterocycles. The van der Waals surface area contributed by atoms with E-state index in [0.717, 1.165) is 0 Å². The second-order valence-corrected chi connectivity index (χ2v) is 2.68. The van der Waals surface area contributed by atoms with Gasteiger partial charge < -0.3 is 4.74 Å². The van der Waals surface area contributed by atoms with Crippen molar-refractivity contribution in [2.75, 3.05) is 0 Å². The lowest BCUT2D eigenvalue weighted by molar-refractivity contribution is -0.0543. The third kappa shape index (κ3) is 1.26. The van der Waals surface area contributed by atoms with Crippen LogP contribution in [0.3, 0.4) is 0 Å². The molecule has 0 aromatic rings. The van der Waals surface area contributed by atoms with E-state index in [4.69, 9.17) is 4.74 Å². The van der Waals surface area contributed by atoms with Gasteiger partial charge >= 0.3 is 0 Å². The summed E-state index contributed by atoms with van der Waals surface area (Å²) in [7, 11) is 0. The lowest BCUT2D eigenvalue weighted by atomic mass is 9.95. The van der Waals surface area contributed by atoms with Crippen LogP contribution in [-0.2, 0) is 4.74 Å². The maximum Gasteiger partial charge on any atom is 0.218 e. The van der Waals surface area contributed by atoms with Crippen molar-refractivity contribution in [2.45, 2.75) is 12.5 Å². The maximum atomic E-state index is 12.6. The van der Waals surface area contributed by atoms with Gasteiger partial charge in [0, 0.05) is 5.92 Å². The van der Waals surface area contributed by atoms with Crippen LogP contribution in [0.1, 0.15) is 0 Å². The van der Waals surface area contributed by atoms with Gasteiger partial charge in [-0.25, -0.2) is 4.39 Å². The third-order valence-electron chi connectivity index (χ3n) is 1.90. The summed E-state index contributed by atoms with van der Waals surface area (Å²) in [5, 5.41) is 0. The molecule has 2 rings (SSSR count). The number of hydrogen-bond donors (Lipinski definition) is 0. The molecule has 3 atom stereocenters. The first-order valence-electron chi connectivity index (χ1n) is 3.69. The van der Waals surface area contributed by atoms with E-state index in [-0.39, 0.29) is 12.0 Å². The number of alkyl halides is 1. The van der Waals surface area contributed by atoms with E-state index in [2.05, 4.69) is 0 Å². The second-order valence-electron chi connectivity index (χ2n) is 2.68. The van der Waals surface area contributed by atoms with Crippen molar-refractivity contribution in [1.29, 1.82) is 0 Å². The number of fused-ring (bicyclic) bond motifs is 1. The van der Waals surface area contributed by atoms with Crippen molar-refractivity contribution >= 4 is 0 Å². The molecule has 0 saturated carbocycles. The first-order chi connectivity index (χ1) is 5.36. The van der Waals surface area contributed by atoms with Crippen LogP contribution in [0.4, 0.5) is 4.39 Å². The van der Waals surface area contributed by atoms with Crippen LogP contribution < -0.4 is 0 Å². The molecule has 0 radical (unpaired) electrons. The Morgan fingerprint density at radius 3 is 2.73 bits per heavy atom. The van der Waals surface area contributed by atoms with Gasteiger partial charge in [0.05, 0.1) is 6.10 Å². The van der Waals surface area contributed by atoms with Crippen LogP contribution in [0.15, 0.2) is 36.5 Å². The Bertz CT molecular complexity index is 230. The fourth-order valence-corrected chi connectivity index (χ4v) is 1.32. The largest absolute Gasteiger partial charge is 0.336 e. The lowest BCUT2D eigenvalue weighted by Gasteiger charge is -2.26. The van der Waals surface area contributed by atoms with Gasteiger partial charge in [0.25, 0.3) is 0 Å². The lowest BCUT2D eigenvalue weighted by Crippen LogP contribution is -2.27. The molecule has 0 aromatic carbocycles. The first kappa shape index (κ1) is 6.80. The first-order valence-corrected chi connectivity index (χ1v) is 3.69. The Balaban J connectivity index is 2.20. The standard InChI is InChI=1S/C9H9FO/c10-9-6-5-7-3-1-2-4-8(7)11-9/h1-9H. The highest BCUT2D eigenvalue weighted by Crippen LogP contribution is 2.23. The summed E-state index contributed by atoms with van der Waals surface area (Å²) in [5.41, 5.74) is 0. The van der Waals surface area contributed by atoms with Crippen molar-refractivity contribution in [1.82, 2.24) is 0 Å². The third-order valence-corrected chi connectivity index (χ3v) is 1.90. The number of rotatable bonds is 0. The molecule has 3 unspecified atom stereocenters. The molecule has 2 heteroatoms. The highest BCUT2D eigenvalue weighted by atomic mass is 19.1. The molecule has 1 heterocycles. The van der Waals surface area contributed by atoms with Gasteiger partial charge in [-0.15, -0.1) is 0 Å². The van der Waals surface area contributed by atoms with Gasteiger partial charge in [-0.1, -0.05) is 30.4 Å². The average Bonchev–Trinajstić information content (AvgIpc) is 2.04. The molecule has 1 aliphatic heterocycles. The molecular formula is C9H9FO. The Labute approximate surface area is 64.9 Å². The van der Waals surface area contributed by atoms with E-state index in [0.29, 0.717) is 0 Å². The summed E-state index contributed by atoms with van der Waals surface area (Å²) in [6.07, 6.45) is 9.69. The Morgan fingerprint density at radius 2 is 1.82 bits per heavy atom. The summed E-state index contributed by atoms with van der Waals surface area (Å²) in [6.45, 7) is 0. The van der Waals surface area contributed by atoms with Crippen LogP contribution in [0.5, 0.6) is 0 Å². The Morgan fingerprint density at radius 1 is 1.00 bits per heavy atom. The highest BCUT2D eigenvalue weighted by Gasteiger charge is 2.23. The summed E-state index contributed by atoms with van der Waals surface area (Å²) in [4.78, 5) is 0. The van der Waals surface area contributed by atoms with E-state index < -0.39 is 6.36 Å². The summed E-state index contributed by atoms with van der Waals surface area (Å²) in [5.74, 6) is 0.229. The smallest absolute Gasteiger partial charge is 0.218 e. The summed E-state index contributed by atoms with van der Waals surface area (Å²) >= 11 is 0. The molecule has 0 spiro atoms. The van der Waals surface area contributed by atoms with E-state index in [1.807, 2.05) is 30.4 Å². The molecule has 0 fully saturated rings. The fraction of sp³-hybridized carbons (Fsp3) is 0.333. The zero-order chi connectivity index (χ0) is 7.68. The van der Waals surface area contributed by atoms with Crippen LogP contribution in [-0.4, -0.2) is 12.5 Å².